The second-order valence-corrected chi connectivity index (χ2v) is 7.99. The minimum absolute atomic E-state index is 0.104. The van der Waals surface area contributed by atoms with Gasteiger partial charge in [-0.25, -0.2) is 4.79 Å². The fourth-order valence-corrected chi connectivity index (χ4v) is 3.19. The number of nitrogens with zero attached hydrogens (tertiary/aromatic N) is 1. The van der Waals surface area contributed by atoms with Gasteiger partial charge in [0.05, 0.1) is 12.0 Å². The first-order chi connectivity index (χ1) is 13.0. The van der Waals surface area contributed by atoms with Gasteiger partial charge >= 0.3 is 12.3 Å². The number of alkyl halides is 3. The summed E-state index contributed by atoms with van der Waals surface area (Å²) in [6.07, 6.45) is -2.62. The molecule has 0 spiro atoms. The van der Waals surface area contributed by atoms with E-state index in [0.29, 0.717) is 12.1 Å². The van der Waals surface area contributed by atoms with Crippen LogP contribution in [0.5, 0.6) is 0 Å². The number of piperidine rings is 1. The maximum absolute atomic E-state index is 12.9. The fourth-order valence-electron chi connectivity index (χ4n) is 3.19. The van der Waals surface area contributed by atoms with E-state index in [4.69, 9.17) is 4.74 Å². The van der Waals surface area contributed by atoms with Crippen molar-refractivity contribution in [1.82, 2.24) is 10.2 Å². The number of ether oxygens (including phenoxy) is 1. The molecular formula is C20H27F3N2O3. The van der Waals surface area contributed by atoms with Crippen molar-refractivity contribution in [3.05, 3.63) is 35.4 Å². The standard InChI is InChI=1S/C20H27F3N2O3/c1-19(2,3)28-18(27)24-13-16-9-4-5-10-25(16)17(26)12-14-7-6-8-15(11-14)20(21,22)23/h6-8,11,16H,4-5,9-10,12-13H2,1-3H3,(H,24,27). The van der Waals surface area contributed by atoms with Gasteiger partial charge in [0.1, 0.15) is 5.60 Å². The Bertz CT molecular complexity index is 699. The van der Waals surface area contributed by atoms with Gasteiger partial charge in [0.25, 0.3) is 0 Å². The van der Waals surface area contributed by atoms with E-state index in [9.17, 15) is 22.8 Å². The van der Waals surface area contributed by atoms with Crippen molar-refractivity contribution in [2.45, 2.75) is 64.3 Å². The zero-order valence-electron chi connectivity index (χ0n) is 16.4. The summed E-state index contributed by atoms with van der Waals surface area (Å²) in [5.74, 6) is -0.241. The summed E-state index contributed by atoms with van der Waals surface area (Å²) >= 11 is 0. The van der Waals surface area contributed by atoms with E-state index in [2.05, 4.69) is 5.32 Å². The molecule has 0 radical (unpaired) electrons. The lowest BCUT2D eigenvalue weighted by Crippen LogP contribution is -2.50. The van der Waals surface area contributed by atoms with Crippen LogP contribution in [-0.2, 0) is 22.1 Å². The molecule has 1 aliphatic heterocycles. The van der Waals surface area contributed by atoms with E-state index in [1.54, 1.807) is 25.7 Å². The predicted molar refractivity (Wildman–Crippen MR) is 98.7 cm³/mol. The van der Waals surface area contributed by atoms with Gasteiger partial charge in [-0.1, -0.05) is 18.2 Å². The average molecular weight is 400 g/mol. The number of alkyl carbamates (subject to hydrolysis) is 1. The SMILES string of the molecule is CC(C)(C)OC(=O)NCC1CCCCN1C(=O)Cc1cccc(C(F)(F)F)c1. The minimum atomic E-state index is -4.44. The number of likely N-dealkylation sites (tertiary alicyclic amines) is 1. The normalized spacial score (nSPS) is 17.9. The van der Waals surface area contributed by atoms with Crippen LogP contribution >= 0.6 is 0 Å². The van der Waals surface area contributed by atoms with Gasteiger partial charge in [0.15, 0.2) is 0 Å². The summed E-state index contributed by atoms with van der Waals surface area (Å²) in [7, 11) is 0. The van der Waals surface area contributed by atoms with Crippen molar-refractivity contribution in [1.29, 1.82) is 0 Å². The Balaban J connectivity index is 1.99. The van der Waals surface area contributed by atoms with Crippen molar-refractivity contribution in [3.63, 3.8) is 0 Å². The van der Waals surface area contributed by atoms with Crippen molar-refractivity contribution in [2.24, 2.45) is 0 Å². The largest absolute Gasteiger partial charge is 0.444 e. The van der Waals surface area contributed by atoms with Crippen LogP contribution in [-0.4, -0.2) is 41.6 Å². The molecule has 1 aromatic carbocycles. The number of benzene rings is 1. The molecule has 1 heterocycles. The molecule has 0 aromatic heterocycles. The number of rotatable bonds is 4. The lowest BCUT2D eigenvalue weighted by atomic mass is 10.00. The Hall–Kier alpha value is -2.25. The number of carbonyl (C=O) groups excluding carboxylic acids is 2. The van der Waals surface area contributed by atoms with E-state index >= 15 is 0 Å². The molecule has 1 fully saturated rings. The summed E-state index contributed by atoms with van der Waals surface area (Å²) in [5.41, 5.74) is -1.06. The molecule has 1 aromatic rings. The topological polar surface area (TPSA) is 58.6 Å². The Labute approximate surface area is 163 Å². The summed E-state index contributed by atoms with van der Waals surface area (Å²) in [5, 5.41) is 2.68. The first kappa shape index (κ1) is 22.0. The highest BCUT2D eigenvalue weighted by molar-refractivity contribution is 5.79. The molecular weight excluding hydrogens is 373 g/mol. The molecule has 8 heteroatoms. The summed E-state index contributed by atoms with van der Waals surface area (Å²) < 4.78 is 43.8. The molecule has 1 atom stereocenters. The van der Waals surface area contributed by atoms with Crippen LogP contribution in [0.15, 0.2) is 24.3 Å². The zero-order valence-corrected chi connectivity index (χ0v) is 16.4. The van der Waals surface area contributed by atoms with Crippen molar-refractivity contribution >= 4 is 12.0 Å². The van der Waals surface area contributed by atoms with Crippen LogP contribution < -0.4 is 5.32 Å². The zero-order chi connectivity index (χ0) is 20.9. The lowest BCUT2D eigenvalue weighted by Gasteiger charge is -2.36. The molecule has 0 saturated carbocycles. The number of hydrogen-bond acceptors (Lipinski definition) is 3. The highest BCUT2D eigenvalue weighted by Crippen LogP contribution is 2.30. The lowest BCUT2D eigenvalue weighted by molar-refractivity contribution is -0.138. The quantitative estimate of drug-likeness (QED) is 0.826. The van der Waals surface area contributed by atoms with Gasteiger partial charge in [-0.3, -0.25) is 4.79 Å². The summed E-state index contributed by atoms with van der Waals surface area (Å²) in [6.45, 7) is 6.07. The molecule has 2 amide bonds. The Kier molecular flexibility index (Phi) is 6.96. The Morgan fingerprint density at radius 2 is 1.93 bits per heavy atom. The maximum Gasteiger partial charge on any atom is 0.416 e. The van der Waals surface area contributed by atoms with Crippen molar-refractivity contribution in [3.8, 4) is 0 Å². The van der Waals surface area contributed by atoms with Gasteiger partial charge in [-0.05, 0) is 51.7 Å². The fraction of sp³-hybridized carbons (Fsp3) is 0.600. The van der Waals surface area contributed by atoms with Gasteiger partial charge in [-0.15, -0.1) is 0 Å². The average Bonchev–Trinajstić information content (AvgIpc) is 2.58. The number of nitrogens with one attached hydrogen (secondary N) is 1. The van der Waals surface area contributed by atoms with Gasteiger partial charge in [-0.2, -0.15) is 13.2 Å². The highest BCUT2D eigenvalue weighted by Gasteiger charge is 2.31. The van der Waals surface area contributed by atoms with E-state index in [-0.39, 0.29) is 24.9 Å². The van der Waals surface area contributed by atoms with E-state index < -0.39 is 23.4 Å². The summed E-state index contributed by atoms with van der Waals surface area (Å²) in [6, 6.07) is 4.63. The number of amides is 2. The molecule has 28 heavy (non-hydrogen) atoms. The number of halogens is 3. The second kappa shape index (κ2) is 8.84. The van der Waals surface area contributed by atoms with Gasteiger partial charge < -0.3 is 15.0 Å². The van der Waals surface area contributed by atoms with E-state index in [1.807, 2.05) is 0 Å². The van der Waals surface area contributed by atoms with E-state index in [1.165, 1.54) is 12.1 Å². The molecule has 0 bridgehead atoms. The molecule has 1 unspecified atom stereocenters. The third-order valence-corrected chi connectivity index (χ3v) is 4.44. The van der Waals surface area contributed by atoms with Gasteiger partial charge in [0.2, 0.25) is 5.91 Å². The minimum Gasteiger partial charge on any atom is -0.444 e. The molecule has 1 N–H and O–H groups in total. The second-order valence-electron chi connectivity index (χ2n) is 7.99. The van der Waals surface area contributed by atoms with Gasteiger partial charge in [0, 0.05) is 19.1 Å². The monoisotopic (exact) mass is 400 g/mol. The Morgan fingerprint density at radius 3 is 2.57 bits per heavy atom. The van der Waals surface area contributed by atoms with Crippen LogP contribution in [0.4, 0.5) is 18.0 Å². The Morgan fingerprint density at radius 1 is 1.21 bits per heavy atom. The molecule has 5 nitrogen and oxygen atoms in total. The maximum atomic E-state index is 12.9. The third kappa shape index (κ3) is 6.73. The molecule has 1 saturated heterocycles. The smallest absolute Gasteiger partial charge is 0.416 e. The highest BCUT2D eigenvalue weighted by atomic mass is 19.4. The molecule has 2 rings (SSSR count). The van der Waals surface area contributed by atoms with Crippen LogP contribution in [0.2, 0.25) is 0 Å². The molecule has 156 valence electrons. The van der Waals surface area contributed by atoms with Crippen LogP contribution in [0, 0.1) is 0 Å². The molecule has 0 aliphatic carbocycles. The molecule has 1 aliphatic rings. The first-order valence-electron chi connectivity index (χ1n) is 9.38. The number of carbonyl (C=O) groups is 2. The third-order valence-electron chi connectivity index (χ3n) is 4.44. The van der Waals surface area contributed by atoms with Crippen LogP contribution in [0.1, 0.15) is 51.2 Å². The first-order valence-corrected chi connectivity index (χ1v) is 9.38. The predicted octanol–water partition coefficient (Wildman–Crippen LogP) is 4.15. The van der Waals surface area contributed by atoms with Crippen molar-refractivity contribution < 1.29 is 27.5 Å². The summed E-state index contributed by atoms with van der Waals surface area (Å²) in [4.78, 5) is 26.2. The number of hydrogen-bond donors (Lipinski definition) is 1. The van der Waals surface area contributed by atoms with Crippen LogP contribution in [0.25, 0.3) is 0 Å². The van der Waals surface area contributed by atoms with E-state index in [0.717, 1.165) is 31.4 Å². The van der Waals surface area contributed by atoms with Crippen molar-refractivity contribution in [2.75, 3.05) is 13.1 Å². The van der Waals surface area contributed by atoms with Crippen LogP contribution in [0.3, 0.4) is 0 Å².